The molecule has 0 aliphatic carbocycles. The zero-order valence-corrected chi connectivity index (χ0v) is 7.19. The second-order valence-corrected chi connectivity index (χ2v) is 2.56. The van der Waals surface area contributed by atoms with E-state index in [4.69, 9.17) is 0 Å². The van der Waals surface area contributed by atoms with Crippen LogP contribution in [0.4, 0.5) is 18.6 Å². The van der Waals surface area contributed by atoms with Gasteiger partial charge in [-0.1, -0.05) is 18.2 Å². The van der Waals surface area contributed by atoms with E-state index in [1.807, 2.05) is 5.16 Å². The molecule has 0 N–H and O–H groups in total. The summed E-state index contributed by atoms with van der Waals surface area (Å²) in [5.74, 6) is 0. The lowest BCUT2D eigenvalue weighted by molar-refractivity contribution is 0.501. The first-order valence-electron chi connectivity index (χ1n) is 3.42. The minimum atomic E-state index is -4.96. The number of thiocarbonyl (C=S) groups is 1. The van der Waals surface area contributed by atoms with E-state index in [1.165, 1.54) is 12.1 Å². The van der Waals surface area contributed by atoms with Crippen LogP contribution >= 0.6 is 12.2 Å². The van der Waals surface area contributed by atoms with Crippen molar-refractivity contribution in [1.82, 2.24) is 0 Å². The fraction of sp³-hybridized carbons (Fsp3) is 0. The van der Waals surface area contributed by atoms with Gasteiger partial charge in [-0.05, 0) is 18.3 Å². The summed E-state index contributed by atoms with van der Waals surface area (Å²) < 4.78 is 36.5. The molecule has 0 spiro atoms. The van der Waals surface area contributed by atoms with Gasteiger partial charge >= 0.3 is 6.98 Å². The third-order valence-corrected chi connectivity index (χ3v) is 1.51. The third kappa shape index (κ3) is 2.68. The molecule has 0 unspecified atom stereocenters. The van der Waals surface area contributed by atoms with Crippen LogP contribution in [0.3, 0.4) is 0 Å². The summed E-state index contributed by atoms with van der Waals surface area (Å²) in [6.45, 7) is -4.96. The summed E-state index contributed by atoms with van der Waals surface area (Å²) >= 11 is 4.28. The molecule has 1 rings (SSSR count). The van der Waals surface area contributed by atoms with Gasteiger partial charge in [-0.3, -0.25) is 0 Å². The molecule has 1 nitrogen and oxygen atoms in total. The minimum Gasteiger partial charge on any atom is -0.445 e. The van der Waals surface area contributed by atoms with Gasteiger partial charge in [0.2, 0.25) is 0 Å². The van der Waals surface area contributed by atoms with Crippen LogP contribution in [0, 0.1) is 0 Å². The van der Waals surface area contributed by atoms with E-state index in [0.717, 1.165) is 12.1 Å². The van der Waals surface area contributed by atoms with E-state index in [1.54, 1.807) is 0 Å². The molecular weight excluding hydrogens is 198 g/mol. The van der Waals surface area contributed by atoms with Gasteiger partial charge in [-0.15, -0.1) is 5.46 Å². The first-order chi connectivity index (χ1) is 6.04. The Bertz CT molecular complexity index is 357. The minimum absolute atomic E-state index is 0.173. The molecule has 0 fully saturated rings. The molecule has 0 heterocycles. The Labute approximate surface area is 78.4 Å². The van der Waals surface area contributed by atoms with Crippen LogP contribution in [0.25, 0.3) is 0 Å². The van der Waals surface area contributed by atoms with Crippen molar-refractivity contribution < 1.29 is 12.9 Å². The Morgan fingerprint density at radius 1 is 1.31 bits per heavy atom. The van der Waals surface area contributed by atoms with Crippen LogP contribution in [-0.2, 0) is 0 Å². The van der Waals surface area contributed by atoms with Crippen molar-refractivity contribution in [3.63, 3.8) is 0 Å². The lowest BCUT2D eigenvalue weighted by Crippen LogP contribution is -2.33. The SMILES string of the molecule is F[B-](F)(F)c1cccc(N=C=S)c1. The molecule has 6 heteroatoms. The number of benzene rings is 1. The first-order valence-corrected chi connectivity index (χ1v) is 3.82. The van der Waals surface area contributed by atoms with Gasteiger partial charge in [0.05, 0.1) is 10.8 Å². The Morgan fingerprint density at radius 2 is 2.00 bits per heavy atom. The fourth-order valence-corrected chi connectivity index (χ4v) is 0.956. The topological polar surface area (TPSA) is 12.4 Å². The average molecular weight is 202 g/mol. The lowest BCUT2D eigenvalue weighted by atomic mass is 9.80. The molecule has 0 aliphatic heterocycles. The molecule has 0 amide bonds. The summed E-state index contributed by atoms with van der Waals surface area (Å²) in [5, 5.41) is 2.01. The Balaban J connectivity index is 3.12. The van der Waals surface area contributed by atoms with E-state index < -0.39 is 12.4 Å². The first kappa shape index (κ1) is 9.96. The number of isothiocyanates is 1. The van der Waals surface area contributed by atoms with Crippen molar-refractivity contribution in [2.45, 2.75) is 0 Å². The maximum Gasteiger partial charge on any atom is 0.509 e. The Hall–Kier alpha value is -1.13. The predicted octanol–water partition coefficient (Wildman–Crippen LogP) is 2.48. The number of nitrogens with zero attached hydrogens (tertiary/aromatic N) is 1. The maximum absolute atomic E-state index is 12.2. The van der Waals surface area contributed by atoms with Crippen molar-refractivity contribution in [3.05, 3.63) is 24.3 Å². The van der Waals surface area contributed by atoms with Gasteiger partial charge in [0.15, 0.2) is 0 Å². The van der Waals surface area contributed by atoms with Crippen LogP contribution in [-0.4, -0.2) is 12.1 Å². The Kier molecular flexibility index (Phi) is 2.85. The smallest absolute Gasteiger partial charge is 0.445 e. The van der Waals surface area contributed by atoms with Gasteiger partial charge in [0, 0.05) is 0 Å². The quantitative estimate of drug-likeness (QED) is 0.407. The van der Waals surface area contributed by atoms with Gasteiger partial charge in [-0.25, -0.2) is 0 Å². The van der Waals surface area contributed by atoms with Crippen molar-refractivity contribution in [1.29, 1.82) is 0 Å². The van der Waals surface area contributed by atoms with Crippen molar-refractivity contribution in [2.24, 2.45) is 4.99 Å². The highest BCUT2D eigenvalue weighted by atomic mass is 32.1. The maximum atomic E-state index is 12.2. The fourth-order valence-electron chi connectivity index (χ4n) is 0.851. The second kappa shape index (κ2) is 3.72. The Morgan fingerprint density at radius 3 is 2.54 bits per heavy atom. The second-order valence-electron chi connectivity index (χ2n) is 2.37. The van der Waals surface area contributed by atoms with Gasteiger partial charge in [0.25, 0.3) is 0 Å². The summed E-state index contributed by atoms with van der Waals surface area (Å²) in [6.07, 6.45) is 0. The van der Waals surface area contributed by atoms with Crippen molar-refractivity contribution in [3.8, 4) is 0 Å². The number of hydrogen-bond acceptors (Lipinski definition) is 2. The zero-order chi connectivity index (χ0) is 9.90. The average Bonchev–Trinajstić information content (AvgIpc) is 2.04. The van der Waals surface area contributed by atoms with E-state index in [9.17, 15) is 12.9 Å². The van der Waals surface area contributed by atoms with E-state index in [2.05, 4.69) is 17.2 Å². The monoisotopic (exact) mass is 202 g/mol. The van der Waals surface area contributed by atoms with Gasteiger partial charge in [0.1, 0.15) is 0 Å². The van der Waals surface area contributed by atoms with Gasteiger partial charge < -0.3 is 12.9 Å². The van der Waals surface area contributed by atoms with Crippen molar-refractivity contribution in [2.75, 3.05) is 0 Å². The standard InChI is InChI=1S/C7H4BF3NS/c9-8(10,11)6-2-1-3-7(4-6)12-5-13/h1-4H/q-1. The molecule has 13 heavy (non-hydrogen) atoms. The molecule has 0 saturated heterocycles. The van der Waals surface area contributed by atoms with Crippen LogP contribution in [0.1, 0.15) is 0 Å². The highest BCUT2D eigenvalue weighted by Gasteiger charge is 2.25. The molecule has 0 radical (unpaired) electrons. The largest absolute Gasteiger partial charge is 0.509 e. The van der Waals surface area contributed by atoms with Crippen LogP contribution in [0.2, 0.25) is 0 Å². The molecule has 0 aliphatic rings. The molecule has 0 aromatic heterocycles. The molecule has 68 valence electrons. The molecule has 0 saturated carbocycles. The lowest BCUT2D eigenvalue weighted by Gasteiger charge is -2.14. The van der Waals surface area contributed by atoms with Crippen LogP contribution in [0.5, 0.6) is 0 Å². The van der Waals surface area contributed by atoms with E-state index >= 15 is 0 Å². The summed E-state index contributed by atoms with van der Waals surface area (Å²) in [7, 11) is 0. The normalized spacial score (nSPS) is 10.7. The van der Waals surface area contributed by atoms with Crippen LogP contribution < -0.4 is 5.46 Å². The number of rotatable bonds is 2. The predicted molar refractivity (Wildman–Crippen MR) is 49.8 cm³/mol. The highest BCUT2D eigenvalue weighted by Crippen LogP contribution is 2.14. The molecule has 0 atom stereocenters. The van der Waals surface area contributed by atoms with E-state index in [0.29, 0.717) is 0 Å². The molecule has 1 aromatic carbocycles. The van der Waals surface area contributed by atoms with Crippen molar-refractivity contribution >= 4 is 35.5 Å². The summed E-state index contributed by atoms with van der Waals surface area (Å²) in [5.41, 5.74) is -0.502. The number of aliphatic imine (C=N–C) groups is 1. The zero-order valence-electron chi connectivity index (χ0n) is 6.38. The molecule has 0 bridgehead atoms. The highest BCUT2D eigenvalue weighted by molar-refractivity contribution is 7.78. The van der Waals surface area contributed by atoms with E-state index in [-0.39, 0.29) is 5.69 Å². The summed E-state index contributed by atoms with van der Waals surface area (Å²) in [6, 6.07) is 4.67. The molecular formula is C7H4BF3NS-. The number of hydrogen-bond donors (Lipinski definition) is 0. The number of halogens is 3. The van der Waals surface area contributed by atoms with Gasteiger partial charge in [-0.2, -0.15) is 4.99 Å². The molecule has 1 aromatic rings. The third-order valence-electron chi connectivity index (χ3n) is 1.42. The summed E-state index contributed by atoms with van der Waals surface area (Å²) in [4.78, 5) is 3.46. The van der Waals surface area contributed by atoms with Crippen LogP contribution in [0.15, 0.2) is 29.3 Å².